The van der Waals surface area contributed by atoms with E-state index >= 15 is 4.39 Å². The molecule has 0 radical (unpaired) electrons. The number of carbonyl (C=O) groups is 1. The Morgan fingerprint density at radius 1 is 0.905 bits per heavy atom. The first kappa shape index (κ1) is 30.1. The van der Waals surface area contributed by atoms with Gasteiger partial charge in [0.05, 0.1) is 25.4 Å². The van der Waals surface area contributed by atoms with Crippen molar-refractivity contribution in [3.63, 3.8) is 0 Å². The molecule has 4 rings (SSSR count). The molecule has 0 spiro atoms. The van der Waals surface area contributed by atoms with E-state index in [1.807, 2.05) is 49.3 Å². The highest BCUT2D eigenvalue weighted by molar-refractivity contribution is 6.02. The number of halogens is 1. The van der Waals surface area contributed by atoms with Crippen molar-refractivity contribution in [1.82, 2.24) is 14.9 Å². The van der Waals surface area contributed by atoms with Gasteiger partial charge in [-0.3, -0.25) is 9.78 Å². The monoisotopic (exact) mass is 575 g/mol. The molecule has 3 aromatic carbocycles. The molecule has 1 aromatic heterocycles. The third-order valence-electron chi connectivity index (χ3n) is 6.01. The number of ether oxygens (including phenoxy) is 3. The zero-order valence-corrected chi connectivity index (χ0v) is 24.4. The summed E-state index contributed by atoms with van der Waals surface area (Å²) >= 11 is 0. The van der Waals surface area contributed by atoms with Gasteiger partial charge in [-0.2, -0.15) is 5.01 Å². The van der Waals surface area contributed by atoms with E-state index in [1.165, 1.54) is 31.5 Å². The molecule has 11 heteroatoms. The number of fused-ring (bicyclic) bond motifs is 1. The van der Waals surface area contributed by atoms with Gasteiger partial charge in [0.1, 0.15) is 5.75 Å². The molecule has 0 aliphatic carbocycles. The summed E-state index contributed by atoms with van der Waals surface area (Å²) in [5.74, 6) is 0.172. The van der Waals surface area contributed by atoms with Crippen molar-refractivity contribution in [1.29, 1.82) is 0 Å². The van der Waals surface area contributed by atoms with Crippen molar-refractivity contribution in [2.45, 2.75) is 0 Å². The van der Waals surface area contributed by atoms with Crippen LogP contribution in [0.15, 0.2) is 84.8 Å². The Morgan fingerprint density at radius 2 is 1.62 bits per heavy atom. The fourth-order valence-electron chi connectivity index (χ4n) is 3.96. The molecule has 1 heterocycles. The average molecular weight is 576 g/mol. The van der Waals surface area contributed by atoms with Gasteiger partial charge in [0.15, 0.2) is 23.1 Å². The molecule has 220 valence electrons. The first-order valence-corrected chi connectivity index (χ1v) is 13.0. The lowest BCUT2D eigenvalue weighted by molar-refractivity contribution is -0.117. The summed E-state index contributed by atoms with van der Waals surface area (Å²) in [4.78, 5) is 25.6. The van der Waals surface area contributed by atoms with E-state index in [4.69, 9.17) is 19.0 Å². The molecule has 1 N–H and O–H groups in total. The highest BCUT2D eigenvalue weighted by Crippen LogP contribution is 2.37. The molecule has 4 aromatic rings. The number of amides is 1. The third-order valence-corrected chi connectivity index (χ3v) is 6.01. The molecule has 0 fully saturated rings. The number of hydrazine groups is 1. The molecule has 0 aliphatic rings. The van der Waals surface area contributed by atoms with Gasteiger partial charge < -0.3 is 29.3 Å². The molecular weight excluding hydrogens is 541 g/mol. The molecule has 10 nitrogen and oxygen atoms in total. The van der Waals surface area contributed by atoms with E-state index in [-0.39, 0.29) is 17.2 Å². The number of methoxy groups -OCH3 is 2. The molecule has 0 atom stereocenters. The summed E-state index contributed by atoms with van der Waals surface area (Å²) in [5, 5.41) is 6.52. The Kier molecular flexibility index (Phi) is 9.79. The molecule has 42 heavy (non-hydrogen) atoms. The van der Waals surface area contributed by atoms with E-state index < -0.39 is 11.7 Å². The lowest BCUT2D eigenvalue weighted by Crippen LogP contribution is -2.38. The highest BCUT2D eigenvalue weighted by atomic mass is 19.1. The minimum atomic E-state index is -0.669. The van der Waals surface area contributed by atoms with Gasteiger partial charge in [-0.15, -0.1) is 5.17 Å². The fourth-order valence-corrected chi connectivity index (χ4v) is 3.96. The summed E-state index contributed by atoms with van der Waals surface area (Å²) in [6.07, 6.45) is 3.21. The largest absolute Gasteiger partial charge is 0.493 e. The number of likely N-dealkylation sites (N-methyl/N-ethyl adjacent to an activating group) is 1. The summed E-state index contributed by atoms with van der Waals surface area (Å²) in [7, 11) is 10.4. The van der Waals surface area contributed by atoms with Crippen molar-refractivity contribution < 1.29 is 28.2 Å². The average Bonchev–Trinajstić information content (AvgIpc) is 2.98. The number of rotatable bonds is 12. The lowest BCUT2D eigenvalue weighted by atomic mass is 10.2. The standard InChI is InChI=1S/C31H34FN5O5/c1-35(2)17-15-28(42-37(36(3)4)22-10-8-7-9-11-22)31(38)34-21-12-13-27(24(32)18-21)41-26-14-16-33-25-20-30(40-6)29(39-5)19-23(25)26/h7-16,18-20H,17H2,1-6H3,(H,34,38)/b28-15+. The van der Waals surface area contributed by atoms with Gasteiger partial charge in [0.25, 0.3) is 5.91 Å². The smallest absolute Gasteiger partial charge is 0.293 e. The first-order chi connectivity index (χ1) is 20.2. The van der Waals surface area contributed by atoms with Crippen LogP contribution in [0.1, 0.15) is 0 Å². The number of para-hydroxylation sites is 1. The number of hydrogen-bond acceptors (Lipinski definition) is 9. The quantitative estimate of drug-likeness (QED) is 0.134. The summed E-state index contributed by atoms with van der Waals surface area (Å²) in [6, 6.07) is 18.6. The maximum Gasteiger partial charge on any atom is 0.293 e. The number of anilines is 2. The van der Waals surface area contributed by atoms with Crippen LogP contribution < -0.4 is 24.7 Å². The van der Waals surface area contributed by atoms with E-state index in [0.717, 1.165) is 5.69 Å². The fraction of sp³-hybridized carbons (Fsp3) is 0.226. The zero-order chi connectivity index (χ0) is 30.2. The predicted octanol–water partition coefficient (Wildman–Crippen LogP) is 5.48. The highest BCUT2D eigenvalue weighted by Gasteiger charge is 2.20. The Bertz CT molecular complexity index is 1560. The second-order valence-corrected chi connectivity index (χ2v) is 9.61. The van der Waals surface area contributed by atoms with Crippen LogP contribution in [0.4, 0.5) is 15.8 Å². The number of nitrogens with one attached hydrogen (secondary N) is 1. The molecule has 0 unspecified atom stereocenters. The van der Waals surface area contributed by atoms with Crippen LogP contribution in [0.3, 0.4) is 0 Å². The van der Waals surface area contributed by atoms with Crippen LogP contribution in [0.2, 0.25) is 0 Å². The Hall–Kier alpha value is -4.87. The van der Waals surface area contributed by atoms with E-state index in [0.29, 0.717) is 34.7 Å². The molecule has 0 saturated carbocycles. The van der Waals surface area contributed by atoms with Crippen molar-refractivity contribution in [2.24, 2.45) is 0 Å². The van der Waals surface area contributed by atoms with Crippen molar-refractivity contribution in [2.75, 3.05) is 59.4 Å². The van der Waals surface area contributed by atoms with Gasteiger partial charge >= 0.3 is 0 Å². The number of pyridine rings is 1. The summed E-state index contributed by atoms with van der Waals surface area (Å²) in [5.41, 5.74) is 1.54. The van der Waals surface area contributed by atoms with Crippen LogP contribution in [0.5, 0.6) is 23.0 Å². The molecule has 1 amide bonds. The maximum absolute atomic E-state index is 15.2. The second-order valence-electron chi connectivity index (χ2n) is 9.61. The molecule has 0 aliphatic heterocycles. The van der Waals surface area contributed by atoms with Gasteiger partial charge in [-0.25, -0.2) is 4.39 Å². The number of nitrogens with zero attached hydrogens (tertiary/aromatic N) is 4. The van der Waals surface area contributed by atoms with E-state index in [1.54, 1.807) is 55.6 Å². The summed E-state index contributed by atoms with van der Waals surface area (Å²) in [6.45, 7) is 0.441. The van der Waals surface area contributed by atoms with Gasteiger partial charge in [-0.05, 0) is 56.6 Å². The third kappa shape index (κ3) is 7.25. The minimum Gasteiger partial charge on any atom is -0.493 e. The van der Waals surface area contributed by atoms with Crippen molar-refractivity contribution >= 4 is 28.2 Å². The number of carbonyl (C=O) groups excluding carboxylic acids is 1. The zero-order valence-electron chi connectivity index (χ0n) is 24.4. The van der Waals surface area contributed by atoms with Gasteiger partial charge in [-0.1, -0.05) is 18.2 Å². The summed E-state index contributed by atoms with van der Waals surface area (Å²) < 4.78 is 31.9. The van der Waals surface area contributed by atoms with Crippen LogP contribution >= 0.6 is 0 Å². The van der Waals surface area contributed by atoms with E-state index in [9.17, 15) is 4.79 Å². The SMILES string of the molecule is COc1cc2nccc(Oc3ccc(NC(=O)/C(=C\CN(C)C)ON(c4ccccc4)N(C)C)cc3F)c2cc1OC. The number of hydrogen-bond donors (Lipinski definition) is 1. The van der Waals surface area contributed by atoms with Crippen molar-refractivity contribution in [3.8, 4) is 23.0 Å². The Labute approximate surface area is 244 Å². The number of aromatic nitrogens is 1. The van der Waals surface area contributed by atoms with E-state index in [2.05, 4.69) is 10.3 Å². The minimum absolute atomic E-state index is 0.0298. The van der Waals surface area contributed by atoms with Crippen LogP contribution in [0.25, 0.3) is 10.9 Å². The molecule has 0 saturated heterocycles. The predicted molar refractivity (Wildman–Crippen MR) is 160 cm³/mol. The number of benzene rings is 3. The Balaban J connectivity index is 1.55. The normalized spacial score (nSPS) is 11.5. The topological polar surface area (TPSA) is 88.6 Å². The van der Waals surface area contributed by atoms with Crippen molar-refractivity contribution in [3.05, 3.63) is 90.6 Å². The first-order valence-electron chi connectivity index (χ1n) is 13.0. The lowest BCUT2D eigenvalue weighted by Gasteiger charge is -2.30. The second kappa shape index (κ2) is 13.7. The molecular formula is C31H34FN5O5. The maximum atomic E-state index is 15.2. The Morgan fingerprint density at radius 3 is 2.26 bits per heavy atom. The molecule has 0 bridgehead atoms. The van der Waals surface area contributed by atoms with Crippen LogP contribution in [0, 0.1) is 5.82 Å². The van der Waals surface area contributed by atoms with Crippen LogP contribution in [-0.4, -0.2) is 69.8 Å². The van der Waals surface area contributed by atoms with Gasteiger partial charge in [0, 0.05) is 50.0 Å². The van der Waals surface area contributed by atoms with Crippen LogP contribution in [-0.2, 0) is 9.63 Å². The van der Waals surface area contributed by atoms with Gasteiger partial charge in [0.2, 0.25) is 5.76 Å².